The van der Waals surface area contributed by atoms with Crippen LogP contribution in [0.2, 0.25) is 0 Å². The Morgan fingerprint density at radius 3 is 2.46 bits per heavy atom. The molecule has 3 atom stereocenters. The summed E-state index contributed by atoms with van der Waals surface area (Å²) < 4.78 is 4.83. The van der Waals surface area contributed by atoms with Crippen LogP contribution in [0.1, 0.15) is 25.8 Å². The number of nitrogens with one attached hydrogen (secondary N) is 1. The Morgan fingerprint density at radius 1 is 1.33 bits per heavy atom. The Balaban J connectivity index is 2.44. The van der Waals surface area contributed by atoms with Crippen molar-refractivity contribution >= 4 is 17.8 Å². The lowest BCUT2D eigenvalue weighted by atomic mass is 9.93. The van der Waals surface area contributed by atoms with E-state index in [1.54, 1.807) is 11.8 Å². The van der Waals surface area contributed by atoms with Gasteiger partial charge >= 0.3 is 11.9 Å². The Bertz CT molecular complexity index is 633. The SMILES string of the molecule is COC(=O)[C@@H]1C[C@H](C(=O)O)N(Cc2ccccc2)[C@@]1(C)NC(C)=O. The highest BCUT2D eigenvalue weighted by Gasteiger charge is 2.56. The number of nitrogens with zero attached hydrogens (tertiary/aromatic N) is 1. The lowest BCUT2D eigenvalue weighted by Crippen LogP contribution is -2.61. The van der Waals surface area contributed by atoms with Crippen molar-refractivity contribution in [3.63, 3.8) is 0 Å². The van der Waals surface area contributed by atoms with Crippen molar-refractivity contribution in [2.24, 2.45) is 5.92 Å². The molecule has 0 aliphatic carbocycles. The van der Waals surface area contributed by atoms with Gasteiger partial charge in [-0.25, -0.2) is 0 Å². The smallest absolute Gasteiger partial charge is 0.321 e. The molecule has 7 heteroatoms. The maximum atomic E-state index is 12.2. The highest BCUT2D eigenvalue weighted by molar-refractivity contribution is 5.82. The van der Waals surface area contributed by atoms with Crippen molar-refractivity contribution in [3.8, 4) is 0 Å². The van der Waals surface area contributed by atoms with Crippen LogP contribution < -0.4 is 5.32 Å². The van der Waals surface area contributed by atoms with Gasteiger partial charge in [0, 0.05) is 13.5 Å². The molecule has 0 aromatic heterocycles. The van der Waals surface area contributed by atoms with Gasteiger partial charge in [0.1, 0.15) is 11.7 Å². The van der Waals surface area contributed by atoms with Crippen molar-refractivity contribution in [2.45, 2.75) is 38.5 Å². The molecule has 24 heavy (non-hydrogen) atoms. The Morgan fingerprint density at radius 2 is 1.96 bits per heavy atom. The number of aliphatic carboxylic acids is 1. The van der Waals surface area contributed by atoms with E-state index in [1.165, 1.54) is 14.0 Å². The first-order chi connectivity index (χ1) is 11.3. The standard InChI is InChI=1S/C17H22N2O5/c1-11(20)18-17(2)13(16(23)24-3)9-14(15(21)22)19(17)10-12-7-5-4-6-8-12/h4-8,13-14H,9-10H2,1-3H3,(H,18,20)(H,21,22)/t13-,14+,17+/m0/s1. The van der Waals surface area contributed by atoms with E-state index < -0.39 is 29.6 Å². The number of carboxylic acids is 1. The summed E-state index contributed by atoms with van der Waals surface area (Å²) in [5.41, 5.74) is -0.247. The lowest BCUT2D eigenvalue weighted by Gasteiger charge is -2.40. The van der Waals surface area contributed by atoms with E-state index in [4.69, 9.17) is 4.74 Å². The van der Waals surface area contributed by atoms with Crippen LogP contribution in [0.25, 0.3) is 0 Å². The van der Waals surface area contributed by atoms with Crippen LogP contribution in [0, 0.1) is 5.92 Å². The van der Waals surface area contributed by atoms with Gasteiger partial charge in [-0.2, -0.15) is 0 Å². The molecular formula is C17H22N2O5. The van der Waals surface area contributed by atoms with Gasteiger partial charge in [-0.15, -0.1) is 0 Å². The van der Waals surface area contributed by atoms with Crippen LogP contribution in [0.15, 0.2) is 30.3 Å². The molecule has 2 N–H and O–H groups in total. The summed E-state index contributed by atoms with van der Waals surface area (Å²) in [7, 11) is 1.26. The molecule has 0 spiro atoms. The number of rotatable bonds is 5. The van der Waals surface area contributed by atoms with Crippen molar-refractivity contribution in [1.29, 1.82) is 0 Å². The number of carbonyl (C=O) groups excluding carboxylic acids is 2. The minimum atomic E-state index is -1.14. The van der Waals surface area contributed by atoms with Gasteiger partial charge in [0.15, 0.2) is 0 Å². The molecule has 1 aliphatic heterocycles. The Hall–Kier alpha value is -2.41. The molecular weight excluding hydrogens is 312 g/mol. The molecule has 0 unspecified atom stereocenters. The van der Waals surface area contributed by atoms with Crippen LogP contribution >= 0.6 is 0 Å². The molecule has 7 nitrogen and oxygen atoms in total. The van der Waals surface area contributed by atoms with Gasteiger partial charge in [0.25, 0.3) is 0 Å². The lowest BCUT2D eigenvalue weighted by molar-refractivity contribution is -0.151. The van der Waals surface area contributed by atoms with Crippen LogP contribution in [0.4, 0.5) is 0 Å². The minimum Gasteiger partial charge on any atom is -0.480 e. The molecule has 1 amide bonds. The summed E-state index contributed by atoms with van der Waals surface area (Å²) in [6.07, 6.45) is 0.0750. The second kappa shape index (κ2) is 7.00. The van der Waals surface area contributed by atoms with E-state index in [-0.39, 0.29) is 12.3 Å². The van der Waals surface area contributed by atoms with Gasteiger partial charge in [-0.3, -0.25) is 19.3 Å². The maximum Gasteiger partial charge on any atom is 0.321 e. The Labute approximate surface area is 140 Å². The monoisotopic (exact) mass is 334 g/mol. The second-order valence-electron chi connectivity index (χ2n) is 6.11. The largest absolute Gasteiger partial charge is 0.480 e. The molecule has 2 rings (SSSR count). The number of amides is 1. The van der Waals surface area contributed by atoms with Crippen molar-refractivity contribution in [1.82, 2.24) is 10.2 Å². The van der Waals surface area contributed by atoms with Gasteiger partial charge < -0.3 is 15.2 Å². The maximum absolute atomic E-state index is 12.2. The molecule has 1 aliphatic rings. The number of ether oxygens (including phenoxy) is 1. The fourth-order valence-electron chi connectivity index (χ4n) is 3.38. The summed E-state index contributed by atoms with van der Waals surface area (Å²) >= 11 is 0. The number of benzene rings is 1. The molecule has 1 aromatic carbocycles. The van der Waals surface area contributed by atoms with E-state index in [9.17, 15) is 19.5 Å². The number of hydrogen-bond donors (Lipinski definition) is 2. The van der Waals surface area contributed by atoms with Gasteiger partial charge in [-0.1, -0.05) is 30.3 Å². The number of carbonyl (C=O) groups is 3. The Kier molecular flexibility index (Phi) is 5.23. The van der Waals surface area contributed by atoms with Gasteiger partial charge in [-0.05, 0) is 18.9 Å². The second-order valence-corrected chi connectivity index (χ2v) is 6.11. The third-order valence-corrected chi connectivity index (χ3v) is 4.51. The van der Waals surface area contributed by atoms with Crippen molar-refractivity contribution < 1.29 is 24.2 Å². The third-order valence-electron chi connectivity index (χ3n) is 4.51. The predicted octanol–water partition coefficient (Wildman–Crippen LogP) is 0.987. The first-order valence-electron chi connectivity index (χ1n) is 7.69. The summed E-state index contributed by atoms with van der Waals surface area (Å²) in [6, 6.07) is 8.43. The number of likely N-dealkylation sites (tertiary alicyclic amines) is 1. The van der Waals surface area contributed by atoms with E-state index >= 15 is 0 Å². The van der Waals surface area contributed by atoms with Gasteiger partial charge in [0.2, 0.25) is 5.91 Å². The fourth-order valence-corrected chi connectivity index (χ4v) is 3.38. The zero-order valence-electron chi connectivity index (χ0n) is 14.0. The molecule has 0 bridgehead atoms. The van der Waals surface area contributed by atoms with E-state index in [0.29, 0.717) is 6.54 Å². The normalized spacial score (nSPS) is 26.8. The number of esters is 1. The summed E-state index contributed by atoms with van der Waals surface area (Å²) in [4.78, 5) is 37.3. The van der Waals surface area contributed by atoms with Crippen molar-refractivity contribution in [3.05, 3.63) is 35.9 Å². The van der Waals surface area contributed by atoms with E-state index in [2.05, 4.69) is 5.32 Å². The van der Waals surface area contributed by atoms with Gasteiger partial charge in [0.05, 0.1) is 13.0 Å². The molecule has 1 aromatic rings. The van der Waals surface area contributed by atoms with Crippen molar-refractivity contribution in [2.75, 3.05) is 7.11 Å². The fraction of sp³-hybridized carbons (Fsp3) is 0.471. The zero-order chi connectivity index (χ0) is 17.9. The molecule has 1 fully saturated rings. The number of carboxylic acid groups (broad SMARTS) is 1. The molecule has 1 heterocycles. The van der Waals surface area contributed by atoms with Crippen LogP contribution in [0.3, 0.4) is 0 Å². The van der Waals surface area contributed by atoms with Crippen LogP contribution in [-0.2, 0) is 25.7 Å². The summed E-state index contributed by atoms with van der Waals surface area (Å²) in [6.45, 7) is 3.30. The average Bonchev–Trinajstić information content (AvgIpc) is 2.80. The molecule has 0 radical (unpaired) electrons. The zero-order valence-corrected chi connectivity index (χ0v) is 14.0. The quantitative estimate of drug-likeness (QED) is 0.780. The summed E-state index contributed by atoms with van der Waals surface area (Å²) in [5.74, 6) is -2.67. The third kappa shape index (κ3) is 3.41. The first kappa shape index (κ1) is 17.9. The summed E-state index contributed by atoms with van der Waals surface area (Å²) in [5, 5.41) is 12.4. The van der Waals surface area contributed by atoms with Crippen LogP contribution in [-0.4, -0.2) is 46.7 Å². The van der Waals surface area contributed by atoms with Crippen LogP contribution in [0.5, 0.6) is 0 Å². The molecule has 1 saturated heterocycles. The van der Waals surface area contributed by atoms with E-state index in [0.717, 1.165) is 5.56 Å². The number of hydrogen-bond acceptors (Lipinski definition) is 5. The minimum absolute atomic E-state index is 0.0750. The highest BCUT2D eigenvalue weighted by Crippen LogP contribution is 2.39. The molecule has 0 saturated carbocycles. The topological polar surface area (TPSA) is 95.9 Å². The average molecular weight is 334 g/mol. The van der Waals surface area contributed by atoms with E-state index in [1.807, 2.05) is 30.3 Å². The number of methoxy groups -OCH3 is 1. The first-order valence-corrected chi connectivity index (χ1v) is 7.69. The highest BCUT2D eigenvalue weighted by atomic mass is 16.5. The predicted molar refractivity (Wildman–Crippen MR) is 85.8 cm³/mol. The molecule has 130 valence electrons.